The van der Waals surface area contributed by atoms with Gasteiger partial charge in [-0.3, -0.25) is 4.79 Å². The molecule has 1 saturated heterocycles. The highest BCUT2D eigenvalue weighted by atomic mass is 16.1. The van der Waals surface area contributed by atoms with Crippen LogP contribution in [0.15, 0.2) is 48.9 Å². The highest BCUT2D eigenvalue weighted by Gasteiger charge is 2.28. The first-order valence-corrected chi connectivity index (χ1v) is 9.52. The van der Waals surface area contributed by atoms with E-state index in [0.29, 0.717) is 11.5 Å². The van der Waals surface area contributed by atoms with Crippen molar-refractivity contribution in [3.63, 3.8) is 0 Å². The number of imidazole rings is 1. The number of nitrogens with one attached hydrogen (secondary N) is 2. The molecule has 1 aliphatic rings. The van der Waals surface area contributed by atoms with Crippen molar-refractivity contribution in [3.05, 3.63) is 60.0 Å². The first-order valence-electron chi connectivity index (χ1n) is 9.52. The first kappa shape index (κ1) is 17.7. The molecule has 6 nitrogen and oxygen atoms in total. The quantitative estimate of drug-likeness (QED) is 0.748. The molecule has 0 aliphatic carbocycles. The van der Waals surface area contributed by atoms with E-state index in [1.807, 2.05) is 16.7 Å². The Morgan fingerprint density at radius 3 is 2.85 bits per heavy atom. The van der Waals surface area contributed by atoms with E-state index in [1.54, 1.807) is 12.5 Å². The lowest BCUT2D eigenvalue weighted by atomic mass is 9.86. The number of hydrogen-bond acceptors (Lipinski definition) is 4. The van der Waals surface area contributed by atoms with Gasteiger partial charge in [0.25, 0.3) is 5.91 Å². The largest absolute Gasteiger partial charge is 0.347 e. The van der Waals surface area contributed by atoms with Crippen LogP contribution in [0.25, 0.3) is 11.2 Å². The third kappa shape index (κ3) is 3.57. The van der Waals surface area contributed by atoms with Gasteiger partial charge in [0.1, 0.15) is 5.52 Å². The van der Waals surface area contributed by atoms with Gasteiger partial charge < -0.3 is 15.2 Å². The highest BCUT2D eigenvalue weighted by Crippen LogP contribution is 2.26. The molecule has 2 N–H and O–H groups in total. The van der Waals surface area contributed by atoms with Crippen LogP contribution in [0.4, 0.5) is 0 Å². The van der Waals surface area contributed by atoms with Crippen LogP contribution in [0, 0.1) is 0 Å². The lowest BCUT2D eigenvalue weighted by Crippen LogP contribution is -2.50. The number of aromatic nitrogens is 3. The maximum Gasteiger partial charge on any atom is 0.253 e. The van der Waals surface area contributed by atoms with Gasteiger partial charge >= 0.3 is 0 Å². The number of hydrogen-bond donors (Lipinski definition) is 2. The average molecular weight is 363 g/mol. The molecule has 27 heavy (non-hydrogen) atoms. The topological polar surface area (TPSA) is 71.8 Å². The smallest absolute Gasteiger partial charge is 0.253 e. The molecule has 3 aromatic rings. The van der Waals surface area contributed by atoms with Gasteiger partial charge in [-0.25, -0.2) is 9.97 Å². The van der Waals surface area contributed by atoms with Gasteiger partial charge in [0, 0.05) is 30.7 Å². The summed E-state index contributed by atoms with van der Waals surface area (Å²) in [5.74, 6) is 0.214. The summed E-state index contributed by atoms with van der Waals surface area (Å²) in [4.78, 5) is 21.7. The minimum absolute atomic E-state index is 0.0533. The molecule has 1 fully saturated rings. The highest BCUT2D eigenvalue weighted by molar-refractivity contribution is 5.96. The van der Waals surface area contributed by atoms with Crippen LogP contribution in [-0.2, 0) is 0 Å². The molecule has 140 valence electrons. The number of benzene rings is 1. The van der Waals surface area contributed by atoms with E-state index in [4.69, 9.17) is 0 Å². The van der Waals surface area contributed by atoms with Crippen LogP contribution >= 0.6 is 0 Å². The molecule has 0 bridgehead atoms. The van der Waals surface area contributed by atoms with Crippen molar-refractivity contribution in [2.24, 2.45) is 0 Å². The van der Waals surface area contributed by atoms with E-state index in [1.165, 1.54) is 5.56 Å². The van der Waals surface area contributed by atoms with E-state index in [-0.39, 0.29) is 18.0 Å². The Hall–Kier alpha value is -2.73. The van der Waals surface area contributed by atoms with Crippen LogP contribution in [0.2, 0.25) is 0 Å². The van der Waals surface area contributed by atoms with Crippen LogP contribution in [0.5, 0.6) is 0 Å². The minimum atomic E-state index is -0.0990. The lowest BCUT2D eigenvalue weighted by Gasteiger charge is -2.33. The van der Waals surface area contributed by atoms with Gasteiger partial charge in [-0.05, 0) is 38.4 Å². The predicted molar refractivity (Wildman–Crippen MR) is 106 cm³/mol. The Labute approximate surface area is 159 Å². The van der Waals surface area contributed by atoms with Gasteiger partial charge in [-0.1, -0.05) is 30.3 Å². The van der Waals surface area contributed by atoms with E-state index in [2.05, 4.69) is 58.7 Å². The molecule has 2 aromatic heterocycles. The zero-order valence-corrected chi connectivity index (χ0v) is 15.7. The van der Waals surface area contributed by atoms with E-state index < -0.39 is 0 Å². The third-order valence-corrected chi connectivity index (χ3v) is 5.26. The maximum absolute atomic E-state index is 12.9. The zero-order chi connectivity index (χ0) is 18.8. The molecule has 1 amide bonds. The van der Waals surface area contributed by atoms with Crippen molar-refractivity contribution in [2.45, 2.75) is 38.3 Å². The van der Waals surface area contributed by atoms with Crippen LogP contribution in [0.3, 0.4) is 0 Å². The van der Waals surface area contributed by atoms with Gasteiger partial charge in [-0.15, -0.1) is 0 Å². The molecular weight excluding hydrogens is 338 g/mol. The van der Waals surface area contributed by atoms with Crippen molar-refractivity contribution in [3.8, 4) is 0 Å². The lowest BCUT2D eigenvalue weighted by molar-refractivity contribution is 0.0924. The molecule has 6 heteroatoms. The van der Waals surface area contributed by atoms with Crippen LogP contribution in [0.1, 0.15) is 48.1 Å². The van der Waals surface area contributed by atoms with E-state index >= 15 is 0 Å². The summed E-state index contributed by atoms with van der Waals surface area (Å²) in [6.07, 6.45) is 4.43. The van der Waals surface area contributed by atoms with Crippen molar-refractivity contribution in [1.29, 1.82) is 0 Å². The van der Waals surface area contributed by atoms with Crippen molar-refractivity contribution >= 4 is 17.1 Å². The summed E-state index contributed by atoms with van der Waals surface area (Å²) < 4.78 is 2.01. The molecule has 4 rings (SSSR count). The molecular formula is C21H25N5O. The zero-order valence-electron chi connectivity index (χ0n) is 15.7. The van der Waals surface area contributed by atoms with Gasteiger partial charge in [0.15, 0.2) is 5.65 Å². The van der Waals surface area contributed by atoms with Crippen LogP contribution < -0.4 is 10.6 Å². The number of carbonyl (C=O) groups is 1. The fraction of sp³-hybridized carbons (Fsp3) is 0.381. The Morgan fingerprint density at radius 2 is 2.07 bits per heavy atom. The number of piperidine rings is 1. The average Bonchev–Trinajstić information content (AvgIpc) is 3.12. The Balaban J connectivity index is 1.54. The standard InChI is InChI=1S/C21H25N5O/c1-14(2)26-13-24-18-10-16(11-23-20(18)26)21(27)25-19-12-22-9-8-17(19)15-6-4-3-5-7-15/h3-7,10-11,13-14,17,19,22H,8-9,12H2,1-2H3,(H,25,27)/t17-,19-/m0/s1. The molecule has 1 aromatic carbocycles. The normalized spacial score (nSPS) is 20.1. The Bertz CT molecular complexity index is 934. The molecule has 0 unspecified atom stereocenters. The summed E-state index contributed by atoms with van der Waals surface area (Å²) in [7, 11) is 0. The Kier molecular flexibility index (Phi) is 4.90. The second kappa shape index (κ2) is 7.48. The minimum Gasteiger partial charge on any atom is -0.347 e. The molecule has 2 atom stereocenters. The molecule has 3 heterocycles. The van der Waals surface area contributed by atoms with Crippen molar-refractivity contribution in [1.82, 2.24) is 25.2 Å². The van der Waals surface area contributed by atoms with Crippen molar-refractivity contribution in [2.75, 3.05) is 13.1 Å². The molecule has 0 radical (unpaired) electrons. The number of fused-ring (bicyclic) bond motifs is 1. The number of amides is 1. The van der Waals surface area contributed by atoms with Crippen LogP contribution in [-0.4, -0.2) is 39.6 Å². The van der Waals surface area contributed by atoms with Gasteiger partial charge in [-0.2, -0.15) is 0 Å². The summed E-state index contributed by atoms with van der Waals surface area (Å²) in [6, 6.07) is 12.6. The fourth-order valence-electron chi connectivity index (χ4n) is 3.78. The summed E-state index contributed by atoms with van der Waals surface area (Å²) in [5, 5.41) is 6.59. The SMILES string of the molecule is CC(C)n1cnc2cc(C(=O)N[C@H]3CNCC[C@H]3c3ccccc3)cnc21. The molecule has 1 aliphatic heterocycles. The number of pyridine rings is 1. The first-order chi connectivity index (χ1) is 13.1. The maximum atomic E-state index is 12.9. The second-order valence-electron chi connectivity index (χ2n) is 7.40. The predicted octanol–water partition coefficient (Wildman–Crippen LogP) is 2.89. The van der Waals surface area contributed by atoms with Gasteiger partial charge in [0.05, 0.1) is 11.9 Å². The van der Waals surface area contributed by atoms with E-state index in [0.717, 1.165) is 30.7 Å². The van der Waals surface area contributed by atoms with Crippen molar-refractivity contribution < 1.29 is 4.79 Å². The number of rotatable bonds is 4. The summed E-state index contributed by atoms with van der Waals surface area (Å²) in [6.45, 7) is 5.90. The second-order valence-corrected chi connectivity index (χ2v) is 7.40. The van der Waals surface area contributed by atoms with Gasteiger partial charge in [0.2, 0.25) is 0 Å². The fourth-order valence-corrected chi connectivity index (χ4v) is 3.78. The molecule has 0 saturated carbocycles. The third-order valence-electron chi connectivity index (χ3n) is 5.26. The summed E-state index contributed by atoms with van der Waals surface area (Å²) in [5.41, 5.74) is 3.38. The number of carbonyl (C=O) groups excluding carboxylic acids is 1. The Morgan fingerprint density at radius 1 is 1.26 bits per heavy atom. The monoisotopic (exact) mass is 363 g/mol. The summed E-state index contributed by atoms with van der Waals surface area (Å²) >= 11 is 0. The van der Waals surface area contributed by atoms with E-state index in [9.17, 15) is 4.79 Å². The number of nitrogens with zero attached hydrogens (tertiary/aromatic N) is 3. The molecule has 0 spiro atoms.